The standard InChI is InChI=1S/C12H9BrF3N3S/c13-9-2-1-8(20-9)11-18-7-3-4-17-5-6(7)10(19-11)12(14,15)16/h1-2,17H,3-5H2. The first-order valence-electron chi connectivity index (χ1n) is 5.88. The minimum absolute atomic E-state index is 0.147. The van der Waals surface area contributed by atoms with Crippen LogP contribution in [0.2, 0.25) is 0 Å². The van der Waals surface area contributed by atoms with E-state index in [9.17, 15) is 13.2 Å². The van der Waals surface area contributed by atoms with Gasteiger partial charge in [-0.15, -0.1) is 11.3 Å². The van der Waals surface area contributed by atoms with Crippen molar-refractivity contribution in [3.8, 4) is 10.7 Å². The van der Waals surface area contributed by atoms with E-state index in [2.05, 4.69) is 31.2 Å². The molecular weight excluding hydrogens is 355 g/mol. The van der Waals surface area contributed by atoms with E-state index in [4.69, 9.17) is 0 Å². The molecule has 3 heterocycles. The second-order valence-electron chi connectivity index (χ2n) is 4.35. The van der Waals surface area contributed by atoms with Crippen molar-refractivity contribution >= 4 is 27.3 Å². The monoisotopic (exact) mass is 363 g/mol. The normalized spacial score (nSPS) is 15.2. The molecule has 2 aromatic rings. The van der Waals surface area contributed by atoms with Crippen molar-refractivity contribution in [2.75, 3.05) is 6.54 Å². The fourth-order valence-corrected chi connectivity index (χ4v) is 3.44. The van der Waals surface area contributed by atoms with Gasteiger partial charge in [0, 0.05) is 25.1 Å². The summed E-state index contributed by atoms with van der Waals surface area (Å²) < 4.78 is 40.3. The van der Waals surface area contributed by atoms with Crippen LogP contribution in [-0.2, 0) is 19.1 Å². The molecule has 1 N–H and O–H groups in total. The van der Waals surface area contributed by atoms with Crippen LogP contribution in [0.5, 0.6) is 0 Å². The zero-order chi connectivity index (χ0) is 14.3. The fraction of sp³-hybridized carbons (Fsp3) is 0.333. The van der Waals surface area contributed by atoms with Gasteiger partial charge < -0.3 is 5.32 Å². The molecule has 2 aromatic heterocycles. The molecule has 0 saturated heterocycles. The molecule has 0 aromatic carbocycles. The van der Waals surface area contributed by atoms with Crippen LogP contribution in [0.4, 0.5) is 13.2 Å². The smallest absolute Gasteiger partial charge is 0.312 e. The van der Waals surface area contributed by atoms with Crippen LogP contribution in [0.1, 0.15) is 17.0 Å². The maximum atomic E-state index is 13.2. The highest BCUT2D eigenvalue weighted by Gasteiger charge is 2.38. The number of nitrogens with zero attached hydrogens (tertiary/aromatic N) is 2. The molecule has 3 rings (SSSR count). The van der Waals surface area contributed by atoms with Gasteiger partial charge in [-0.3, -0.25) is 0 Å². The molecule has 0 saturated carbocycles. The van der Waals surface area contributed by atoms with E-state index in [1.54, 1.807) is 12.1 Å². The Kier molecular flexibility index (Phi) is 3.55. The average Bonchev–Trinajstić information content (AvgIpc) is 2.83. The molecule has 1 aliphatic rings. The summed E-state index contributed by atoms with van der Waals surface area (Å²) in [5, 5.41) is 2.93. The Morgan fingerprint density at radius 3 is 2.70 bits per heavy atom. The van der Waals surface area contributed by atoms with Crippen molar-refractivity contribution in [1.29, 1.82) is 0 Å². The molecule has 3 nitrogen and oxygen atoms in total. The Morgan fingerprint density at radius 2 is 2.05 bits per heavy atom. The zero-order valence-electron chi connectivity index (χ0n) is 10.1. The number of fused-ring (bicyclic) bond motifs is 1. The second kappa shape index (κ2) is 5.09. The van der Waals surface area contributed by atoms with E-state index >= 15 is 0 Å². The van der Waals surface area contributed by atoms with E-state index in [0.29, 0.717) is 23.5 Å². The fourth-order valence-electron chi connectivity index (χ4n) is 2.12. The summed E-state index contributed by atoms with van der Waals surface area (Å²) in [5.74, 6) is 0.147. The van der Waals surface area contributed by atoms with Gasteiger partial charge in [-0.2, -0.15) is 13.2 Å². The first-order valence-corrected chi connectivity index (χ1v) is 7.49. The highest BCUT2D eigenvalue weighted by molar-refractivity contribution is 9.11. The molecule has 8 heteroatoms. The molecule has 0 unspecified atom stereocenters. The third-order valence-corrected chi connectivity index (χ3v) is 4.61. The molecule has 0 bridgehead atoms. The van der Waals surface area contributed by atoms with Crippen LogP contribution < -0.4 is 5.32 Å². The lowest BCUT2D eigenvalue weighted by Crippen LogP contribution is -2.29. The molecular formula is C12H9BrF3N3S. The van der Waals surface area contributed by atoms with Gasteiger partial charge in [0.25, 0.3) is 0 Å². The Hall–Kier alpha value is -0.990. The van der Waals surface area contributed by atoms with Gasteiger partial charge in [-0.25, -0.2) is 9.97 Å². The summed E-state index contributed by atoms with van der Waals surface area (Å²) in [4.78, 5) is 8.69. The number of thiophene rings is 1. The van der Waals surface area contributed by atoms with E-state index in [1.165, 1.54) is 11.3 Å². The molecule has 0 amide bonds. The SMILES string of the molecule is FC(F)(F)c1nc(-c2ccc(Br)s2)nc2c1CNCC2. The minimum Gasteiger partial charge on any atom is -0.312 e. The van der Waals surface area contributed by atoms with Gasteiger partial charge in [-0.1, -0.05) is 0 Å². The van der Waals surface area contributed by atoms with Crippen LogP contribution in [0.15, 0.2) is 15.9 Å². The van der Waals surface area contributed by atoms with Gasteiger partial charge in [0.2, 0.25) is 0 Å². The summed E-state index contributed by atoms with van der Waals surface area (Å²) in [6, 6.07) is 3.50. The van der Waals surface area contributed by atoms with Crippen LogP contribution in [-0.4, -0.2) is 16.5 Å². The topological polar surface area (TPSA) is 37.8 Å². The van der Waals surface area contributed by atoms with Crippen LogP contribution in [0.25, 0.3) is 10.7 Å². The van der Waals surface area contributed by atoms with Gasteiger partial charge in [0.15, 0.2) is 11.5 Å². The van der Waals surface area contributed by atoms with E-state index < -0.39 is 11.9 Å². The number of hydrogen-bond acceptors (Lipinski definition) is 4. The summed E-state index contributed by atoms with van der Waals surface area (Å²) in [6.45, 7) is 0.799. The Morgan fingerprint density at radius 1 is 1.25 bits per heavy atom. The van der Waals surface area contributed by atoms with Crippen molar-refractivity contribution in [3.05, 3.63) is 32.9 Å². The third kappa shape index (κ3) is 2.59. The van der Waals surface area contributed by atoms with Gasteiger partial charge in [0.05, 0.1) is 14.4 Å². The van der Waals surface area contributed by atoms with Crippen molar-refractivity contribution < 1.29 is 13.2 Å². The van der Waals surface area contributed by atoms with Crippen LogP contribution in [0, 0.1) is 0 Å². The molecule has 0 fully saturated rings. The van der Waals surface area contributed by atoms with Crippen molar-refractivity contribution in [2.24, 2.45) is 0 Å². The summed E-state index contributed by atoms with van der Waals surface area (Å²) >= 11 is 4.61. The van der Waals surface area contributed by atoms with E-state index in [0.717, 1.165) is 3.79 Å². The Labute approximate surface area is 125 Å². The molecule has 106 valence electrons. The molecule has 0 atom stereocenters. The third-order valence-electron chi connectivity index (χ3n) is 3.00. The predicted octanol–water partition coefficient (Wildman–Crippen LogP) is 3.63. The number of rotatable bonds is 1. The van der Waals surface area contributed by atoms with E-state index in [-0.39, 0.29) is 17.9 Å². The summed E-state index contributed by atoms with van der Waals surface area (Å²) in [5.41, 5.74) is -0.164. The number of halogens is 4. The van der Waals surface area contributed by atoms with E-state index in [1.807, 2.05) is 0 Å². The molecule has 1 aliphatic heterocycles. The number of hydrogen-bond donors (Lipinski definition) is 1. The maximum Gasteiger partial charge on any atom is 0.433 e. The second-order valence-corrected chi connectivity index (χ2v) is 6.81. The number of alkyl halides is 3. The van der Waals surface area contributed by atoms with Crippen molar-refractivity contribution in [1.82, 2.24) is 15.3 Å². The Bertz CT molecular complexity index is 654. The lowest BCUT2D eigenvalue weighted by molar-refractivity contribution is -0.142. The quantitative estimate of drug-likeness (QED) is 0.840. The Balaban J connectivity index is 2.18. The van der Waals surface area contributed by atoms with Crippen molar-refractivity contribution in [2.45, 2.75) is 19.1 Å². The average molecular weight is 364 g/mol. The minimum atomic E-state index is -4.46. The lowest BCUT2D eigenvalue weighted by atomic mass is 10.0. The van der Waals surface area contributed by atoms with Crippen LogP contribution >= 0.6 is 27.3 Å². The van der Waals surface area contributed by atoms with Crippen LogP contribution in [0.3, 0.4) is 0 Å². The number of nitrogens with one attached hydrogen (secondary N) is 1. The predicted molar refractivity (Wildman–Crippen MR) is 73.5 cm³/mol. The highest BCUT2D eigenvalue weighted by atomic mass is 79.9. The van der Waals surface area contributed by atoms with Gasteiger partial charge in [-0.05, 0) is 28.1 Å². The number of aromatic nitrogens is 2. The zero-order valence-corrected chi connectivity index (χ0v) is 12.5. The lowest BCUT2D eigenvalue weighted by Gasteiger charge is -2.20. The molecule has 0 aliphatic carbocycles. The summed E-state index contributed by atoms with van der Waals surface area (Å²) in [6.07, 6.45) is -3.98. The molecule has 0 spiro atoms. The van der Waals surface area contributed by atoms with Gasteiger partial charge >= 0.3 is 6.18 Å². The first-order chi connectivity index (χ1) is 9.45. The first kappa shape index (κ1) is 14.0. The molecule has 0 radical (unpaired) electrons. The van der Waals surface area contributed by atoms with Gasteiger partial charge in [0.1, 0.15) is 0 Å². The maximum absolute atomic E-state index is 13.2. The van der Waals surface area contributed by atoms with Crippen molar-refractivity contribution in [3.63, 3.8) is 0 Å². The molecule has 20 heavy (non-hydrogen) atoms. The highest BCUT2D eigenvalue weighted by Crippen LogP contribution is 2.36. The summed E-state index contributed by atoms with van der Waals surface area (Å²) in [7, 11) is 0. The largest absolute Gasteiger partial charge is 0.433 e.